The van der Waals surface area contributed by atoms with Gasteiger partial charge in [0, 0.05) is 11.4 Å². The van der Waals surface area contributed by atoms with Crippen LogP contribution in [0.3, 0.4) is 0 Å². The van der Waals surface area contributed by atoms with Crippen LogP contribution < -0.4 is 4.74 Å². The largest absolute Gasteiger partial charge is 0.744 e. The summed E-state index contributed by atoms with van der Waals surface area (Å²) >= 11 is 5.53. The van der Waals surface area contributed by atoms with Crippen molar-refractivity contribution >= 4 is 21.7 Å². The summed E-state index contributed by atoms with van der Waals surface area (Å²) in [7, 11) is -3.07. The highest BCUT2D eigenvalue weighted by atomic mass is 35.5. The summed E-state index contributed by atoms with van der Waals surface area (Å²) < 4.78 is 37.8. The lowest BCUT2D eigenvalue weighted by atomic mass is 10.1. The van der Waals surface area contributed by atoms with E-state index in [2.05, 4.69) is 0 Å². The predicted molar refractivity (Wildman–Crippen MR) is 55.4 cm³/mol. The van der Waals surface area contributed by atoms with Crippen LogP contribution in [0.2, 0.25) is 0 Å². The molecule has 6 heteroatoms. The number of alkyl halides is 1. The zero-order valence-electron chi connectivity index (χ0n) is 8.07. The molecule has 0 bridgehead atoms. The molecule has 15 heavy (non-hydrogen) atoms. The average molecular weight is 250 g/mol. The van der Waals surface area contributed by atoms with E-state index in [-0.39, 0.29) is 17.2 Å². The van der Waals surface area contributed by atoms with E-state index in [9.17, 15) is 13.0 Å². The number of methoxy groups -OCH3 is 1. The lowest BCUT2D eigenvalue weighted by molar-refractivity contribution is 0.406. The van der Waals surface area contributed by atoms with Crippen LogP contribution in [-0.4, -0.2) is 26.0 Å². The Morgan fingerprint density at radius 3 is 2.60 bits per heavy atom. The van der Waals surface area contributed by atoms with Gasteiger partial charge in [0.15, 0.2) is 0 Å². The SMILES string of the molecule is COc1cccc(S(=O)(=O)[O-])c1CCCl. The van der Waals surface area contributed by atoms with Crippen LogP contribution in [0.5, 0.6) is 5.75 Å². The highest BCUT2D eigenvalue weighted by molar-refractivity contribution is 7.85. The third-order valence-corrected chi connectivity index (χ3v) is 3.03. The van der Waals surface area contributed by atoms with Crippen molar-refractivity contribution in [2.24, 2.45) is 0 Å². The molecule has 0 heterocycles. The number of ether oxygens (including phenoxy) is 1. The van der Waals surface area contributed by atoms with Gasteiger partial charge in [0.1, 0.15) is 15.9 Å². The van der Waals surface area contributed by atoms with Crippen LogP contribution in [-0.2, 0) is 16.5 Å². The Morgan fingerprint density at radius 2 is 2.13 bits per heavy atom. The maximum atomic E-state index is 10.9. The fourth-order valence-electron chi connectivity index (χ4n) is 1.31. The molecule has 0 fully saturated rings. The Morgan fingerprint density at radius 1 is 1.47 bits per heavy atom. The van der Waals surface area contributed by atoms with Gasteiger partial charge < -0.3 is 9.29 Å². The second-order valence-corrected chi connectivity index (χ2v) is 4.56. The molecule has 0 N–H and O–H groups in total. The van der Waals surface area contributed by atoms with Crippen molar-refractivity contribution < 1.29 is 17.7 Å². The Balaban J connectivity index is 3.38. The van der Waals surface area contributed by atoms with E-state index in [0.717, 1.165) is 0 Å². The van der Waals surface area contributed by atoms with Crippen LogP contribution in [0.4, 0.5) is 0 Å². The smallest absolute Gasteiger partial charge is 0.124 e. The summed E-state index contributed by atoms with van der Waals surface area (Å²) in [5, 5.41) is 0. The molecule has 1 aromatic rings. The molecule has 84 valence electrons. The third kappa shape index (κ3) is 2.84. The third-order valence-electron chi connectivity index (χ3n) is 1.92. The molecule has 0 aliphatic carbocycles. The fourth-order valence-corrected chi connectivity index (χ4v) is 2.25. The first-order chi connectivity index (χ1) is 7.00. The first kappa shape index (κ1) is 12.3. The number of halogens is 1. The molecule has 0 radical (unpaired) electrons. The van der Waals surface area contributed by atoms with E-state index in [1.165, 1.54) is 19.2 Å². The van der Waals surface area contributed by atoms with Gasteiger partial charge in [-0.3, -0.25) is 0 Å². The van der Waals surface area contributed by atoms with E-state index in [1.54, 1.807) is 6.07 Å². The Bertz CT molecular complexity index is 441. The van der Waals surface area contributed by atoms with Crippen molar-refractivity contribution in [1.29, 1.82) is 0 Å². The maximum Gasteiger partial charge on any atom is 0.124 e. The number of benzene rings is 1. The molecular formula is C9H10ClO4S-. The van der Waals surface area contributed by atoms with Crippen molar-refractivity contribution in [3.8, 4) is 5.75 Å². The maximum absolute atomic E-state index is 10.9. The molecule has 0 unspecified atom stereocenters. The van der Waals surface area contributed by atoms with Gasteiger partial charge in [0.2, 0.25) is 0 Å². The highest BCUT2D eigenvalue weighted by Crippen LogP contribution is 2.26. The molecule has 4 nitrogen and oxygen atoms in total. The molecule has 0 aromatic heterocycles. The van der Waals surface area contributed by atoms with E-state index in [4.69, 9.17) is 16.3 Å². The monoisotopic (exact) mass is 249 g/mol. The minimum Gasteiger partial charge on any atom is -0.744 e. The van der Waals surface area contributed by atoms with Gasteiger partial charge >= 0.3 is 0 Å². The molecule has 1 rings (SSSR count). The van der Waals surface area contributed by atoms with Crippen molar-refractivity contribution in [2.45, 2.75) is 11.3 Å². The quantitative estimate of drug-likeness (QED) is 0.597. The van der Waals surface area contributed by atoms with Gasteiger partial charge in [-0.1, -0.05) is 6.07 Å². The summed E-state index contributed by atoms with van der Waals surface area (Å²) in [4.78, 5) is -0.262. The van der Waals surface area contributed by atoms with E-state index >= 15 is 0 Å². The zero-order chi connectivity index (χ0) is 11.5. The summed E-state index contributed by atoms with van der Waals surface area (Å²) in [6, 6.07) is 4.31. The number of hydrogen-bond acceptors (Lipinski definition) is 4. The Kier molecular flexibility index (Phi) is 3.96. The average Bonchev–Trinajstić information content (AvgIpc) is 2.17. The van der Waals surface area contributed by atoms with Crippen LogP contribution in [0, 0.1) is 0 Å². The lowest BCUT2D eigenvalue weighted by Crippen LogP contribution is -2.06. The van der Waals surface area contributed by atoms with Gasteiger partial charge in [-0.2, -0.15) is 0 Å². The summed E-state index contributed by atoms with van der Waals surface area (Å²) in [5.41, 5.74) is 0.338. The van der Waals surface area contributed by atoms with Gasteiger partial charge in [0.25, 0.3) is 0 Å². The normalized spacial score (nSPS) is 11.4. The molecule has 0 aliphatic heterocycles. The molecule has 0 saturated carbocycles. The molecule has 0 aliphatic rings. The second-order valence-electron chi connectivity index (χ2n) is 2.83. The minimum absolute atomic E-state index is 0.225. The molecular weight excluding hydrogens is 240 g/mol. The topological polar surface area (TPSA) is 66.4 Å². The Labute approximate surface area is 93.6 Å². The Hall–Kier alpha value is -0.780. The highest BCUT2D eigenvalue weighted by Gasteiger charge is 2.12. The van der Waals surface area contributed by atoms with Crippen LogP contribution >= 0.6 is 11.6 Å². The van der Waals surface area contributed by atoms with Crippen molar-refractivity contribution in [1.82, 2.24) is 0 Å². The van der Waals surface area contributed by atoms with Gasteiger partial charge in [0.05, 0.1) is 12.0 Å². The first-order valence-electron chi connectivity index (χ1n) is 4.18. The standard InChI is InChI=1S/C9H11ClO4S/c1-14-8-3-2-4-9(15(11,12)13)7(8)5-6-10/h2-4H,5-6H2,1H3,(H,11,12,13)/p-1. The molecule has 0 saturated heterocycles. The van der Waals surface area contributed by atoms with Crippen molar-refractivity contribution in [3.05, 3.63) is 23.8 Å². The van der Waals surface area contributed by atoms with Crippen LogP contribution in [0.1, 0.15) is 5.56 Å². The van der Waals surface area contributed by atoms with E-state index in [0.29, 0.717) is 11.3 Å². The summed E-state index contributed by atoms with van der Waals surface area (Å²) in [6.45, 7) is 0. The summed E-state index contributed by atoms with van der Waals surface area (Å²) in [5.74, 6) is 0.593. The number of rotatable bonds is 4. The minimum atomic E-state index is -4.48. The molecule has 1 aromatic carbocycles. The van der Waals surface area contributed by atoms with Gasteiger partial charge in [-0.15, -0.1) is 11.6 Å². The van der Waals surface area contributed by atoms with Crippen molar-refractivity contribution in [2.75, 3.05) is 13.0 Å². The molecule has 0 atom stereocenters. The van der Waals surface area contributed by atoms with Crippen molar-refractivity contribution in [3.63, 3.8) is 0 Å². The van der Waals surface area contributed by atoms with E-state index in [1.807, 2.05) is 0 Å². The van der Waals surface area contributed by atoms with Gasteiger partial charge in [-0.25, -0.2) is 8.42 Å². The lowest BCUT2D eigenvalue weighted by Gasteiger charge is -2.15. The molecule has 0 spiro atoms. The van der Waals surface area contributed by atoms with Gasteiger partial charge in [-0.05, 0) is 18.6 Å². The van der Waals surface area contributed by atoms with E-state index < -0.39 is 10.1 Å². The second kappa shape index (κ2) is 4.83. The van der Waals surface area contributed by atoms with Crippen LogP contribution in [0.25, 0.3) is 0 Å². The first-order valence-corrected chi connectivity index (χ1v) is 6.12. The zero-order valence-corrected chi connectivity index (χ0v) is 9.64. The predicted octanol–water partition coefficient (Wildman–Crippen LogP) is 1.38. The summed E-state index contributed by atoms with van der Waals surface area (Å²) in [6.07, 6.45) is 0.280. The number of hydrogen-bond donors (Lipinski definition) is 0. The fraction of sp³-hybridized carbons (Fsp3) is 0.333. The van der Waals surface area contributed by atoms with Crippen LogP contribution in [0.15, 0.2) is 23.1 Å². The molecule has 0 amide bonds.